The Kier molecular flexibility index (Phi) is 109. The summed E-state index contributed by atoms with van der Waals surface area (Å²) in [7, 11) is 0. The highest BCUT2D eigenvalue weighted by molar-refractivity contribution is 5.53. The molecule has 0 unspecified atom stereocenters. The number of carbonyl (C=O) groups is 1. The Morgan fingerprint density at radius 2 is 1.00 bits per heavy atom. The second kappa shape index (κ2) is 53.8. The summed E-state index contributed by atoms with van der Waals surface area (Å²) in [4.78, 5) is 8.56. The monoisotopic (exact) mass is 114 g/mol. The molecule has 3 nitrogen and oxygen atoms in total. The minimum atomic E-state index is -1.83. The predicted octanol–water partition coefficient (Wildman–Crippen LogP) is 0.721. The SMILES string of the molecule is C#C.C#C.O=C(O)O. The quantitative estimate of drug-likeness (QED) is 0.456. The van der Waals surface area contributed by atoms with Crippen LogP contribution in [0.2, 0.25) is 0 Å². The summed E-state index contributed by atoms with van der Waals surface area (Å²) < 4.78 is 0. The van der Waals surface area contributed by atoms with Crippen LogP contribution in [0.25, 0.3) is 0 Å². The van der Waals surface area contributed by atoms with Crippen molar-refractivity contribution in [2.75, 3.05) is 0 Å². The van der Waals surface area contributed by atoms with E-state index in [4.69, 9.17) is 15.0 Å². The molecule has 0 fully saturated rings. The minimum Gasteiger partial charge on any atom is -0.450 e. The maximum atomic E-state index is 8.56. The van der Waals surface area contributed by atoms with Crippen molar-refractivity contribution in [3.05, 3.63) is 0 Å². The Hall–Kier alpha value is -1.61. The molecule has 0 aromatic rings. The van der Waals surface area contributed by atoms with Crippen molar-refractivity contribution in [1.29, 1.82) is 0 Å². The van der Waals surface area contributed by atoms with Gasteiger partial charge in [0.15, 0.2) is 0 Å². The van der Waals surface area contributed by atoms with Crippen LogP contribution in [-0.4, -0.2) is 16.4 Å². The first-order chi connectivity index (χ1) is 3.73. The maximum Gasteiger partial charge on any atom is 0.503 e. The highest BCUT2D eigenvalue weighted by Crippen LogP contribution is 1.42. The molecular weight excluding hydrogens is 108 g/mol. The lowest BCUT2D eigenvalue weighted by atomic mass is 11.4. The second-order valence-electron chi connectivity index (χ2n) is 0.283. The maximum absolute atomic E-state index is 8.56. The van der Waals surface area contributed by atoms with Gasteiger partial charge in [-0.3, -0.25) is 0 Å². The van der Waals surface area contributed by atoms with Crippen LogP contribution < -0.4 is 0 Å². The predicted molar refractivity (Wildman–Crippen MR) is 30.4 cm³/mol. The van der Waals surface area contributed by atoms with Crippen LogP contribution in [0, 0.1) is 25.7 Å². The molecule has 8 heavy (non-hydrogen) atoms. The minimum absolute atomic E-state index is 1.83. The molecule has 0 atom stereocenters. The van der Waals surface area contributed by atoms with Gasteiger partial charge in [0.1, 0.15) is 0 Å². The number of hydrogen-bond acceptors (Lipinski definition) is 1. The first-order valence-corrected chi connectivity index (χ1v) is 1.32. The van der Waals surface area contributed by atoms with Crippen molar-refractivity contribution in [3.8, 4) is 25.7 Å². The van der Waals surface area contributed by atoms with Gasteiger partial charge in [-0.05, 0) is 0 Å². The van der Waals surface area contributed by atoms with Gasteiger partial charge in [-0.15, -0.1) is 25.7 Å². The molecule has 0 rings (SSSR count). The summed E-state index contributed by atoms with van der Waals surface area (Å²) in [6, 6.07) is 0. The highest BCUT2D eigenvalue weighted by Gasteiger charge is 1.70. The molecule has 0 bridgehead atoms. The van der Waals surface area contributed by atoms with Gasteiger partial charge in [0.2, 0.25) is 0 Å². The Labute approximate surface area is 48.0 Å². The van der Waals surface area contributed by atoms with Gasteiger partial charge in [-0.2, -0.15) is 0 Å². The Morgan fingerprint density at radius 1 is 1.00 bits per heavy atom. The molecule has 3 heteroatoms. The average Bonchev–Trinajstić information content (AvgIpc) is 1.75. The lowest BCUT2D eigenvalue weighted by Crippen LogP contribution is -1.81. The number of rotatable bonds is 0. The normalized spacial score (nSPS) is 3.50. The summed E-state index contributed by atoms with van der Waals surface area (Å²) in [6.07, 6.45) is 14.2. The van der Waals surface area contributed by atoms with Gasteiger partial charge in [0.25, 0.3) is 0 Å². The molecule has 0 amide bonds. The fourth-order valence-corrected chi connectivity index (χ4v) is 0. The van der Waals surface area contributed by atoms with E-state index in [0.29, 0.717) is 0 Å². The van der Waals surface area contributed by atoms with E-state index in [1.807, 2.05) is 0 Å². The smallest absolute Gasteiger partial charge is 0.450 e. The molecule has 0 aromatic carbocycles. The summed E-state index contributed by atoms with van der Waals surface area (Å²) >= 11 is 0. The van der Waals surface area contributed by atoms with Gasteiger partial charge in [0, 0.05) is 0 Å². The van der Waals surface area contributed by atoms with Crippen LogP contribution in [0.4, 0.5) is 4.79 Å². The van der Waals surface area contributed by atoms with Crippen LogP contribution >= 0.6 is 0 Å². The molecule has 0 aliphatic heterocycles. The van der Waals surface area contributed by atoms with Gasteiger partial charge >= 0.3 is 6.16 Å². The van der Waals surface area contributed by atoms with E-state index in [1.54, 1.807) is 0 Å². The van der Waals surface area contributed by atoms with E-state index in [-0.39, 0.29) is 0 Å². The molecule has 0 aliphatic carbocycles. The van der Waals surface area contributed by atoms with E-state index < -0.39 is 6.16 Å². The molecule has 0 saturated heterocycles. The van der Waals surface area contributed by atoms with Crippen LogP contribution in [0.3, 0.4) is 0 Å². The molecule has 0 spiro atoms. The van der Waals surface area contributed by atoms with Crippen LogP contribution in [0.1, 0.15) is 0 Å². The van der Waals surface area contributed by atoms with Crippen molar-refractivity contribution in [1.82, 2.24) is 0 Å². The zero-order chi connectivity index (χ0) is 7.58. The number of carboxylic acid groups (broad SMARTS) is 2. The van der Waals surface area contributed by atoms with Gasteiger partial charge in [0.05, 0.1) is 0 Å². The van der Waals surface area contributed by atoms with Crippen LogP contribution in [-0.2, 0) is 0 Å². The van der Waals surface area contributed by atoms with E-state index in [1.165, 1.54) is 0 Å². The summed E-state index contributed by atoms with van der Waals surface area (Å²) in [5, 5.41) is 13.9. The van der Waals surface area contributed by atoms with Gasteiger partial charge in [-0.25, -0.2) is 4.79 Å². The number of terminal acetylenes is 2. The Morgan fingerprint density at radius 3 is 1.00 bits per heavy atom. The Bertz CT molecular complexity index is 70.2. The zero-order valence-corrected chi connectivity index (χ0v) is 4.11. The third-order valence-electron chi connectivity index (χ3n) is 0. The first kappa shape index (κ1) is 16.2. The Balaban J connectivity index is -0.0000000542. The van der Waals surface area contributed by atoms with Gasteiger partial charge < -0.3 is 10.2 Å². The molecule has 2 N–H and O–H groups in total. The molecule has 0 aromatic heterocycles. The third-order valence-corrected chi connectivity index (χ3v) is 0. The fraction of sp³-hybridized carbons (Fsp3) is 0. The molecule has 44 valence electrons. The van der Waals surface area contributed by atoms with Crippen molar-refractivity contribution in [2.24, 2.45) is 0 Å². The summed E-state index contributed by atoms with van der Waals surface area (Å²) in [5.74, 6) is 0. The highest BCUT2D eigenvalue weighted by atomic mass is 16.6. The molecule has 0 heterocycles. The molecule has 0 saturated carbocycles. The topological polar surface area (TPSA) is 57.5 Å². The van der Waals surface area contributed by atoms with Crippen molar-refractivity contribution < 1.29 is 15.0 Å². The van der Waals surface area contributed by atoms with E-state index in [0.717, 1.165) is 0 Å². The third kappa shape index (κ3) is 19.5. The fourth-order valence-electron chi connectivity index (χ4n) is 0. The average molecular weight is 114 g/mol. The van der Waals surface area contributed by atoms with E-state index in [2.05, 4.69) is 25.7 Å². The molecule has 0 aliphatic rings. The van der Waals surface area contributed by atoms with Crippen LogP contribution in [0.5, 0.6) is 0 Å². The van der Waals surface area contributed by atoms with Gasteiger partial charge in [-0.1, -0.05) is 0 Å². The van der Waals surface area contributed by atoms with Crippen LogP contribution in [0.15, 0.2) is 0 Å². The first-order valence-electron chi connectivity index (χ1n) is 1.32. The zero-order valence-electron chi connectivity index (χ0n) is 4.11. The second-order valence-corrected chi connectivity index (χ2v) is 0.283. The molecular formula is C5H6O3. The number of hydrogen-bond donors (Lipinski definition) is 2. The van der Waals surface area contributed by atoms with Crippen molar-refractivity contribution in [2.45, 2.75) is 0 Å². The lowest BCUT2D eigenvalue weighted by Gasteiger charge is -1.60. The van der Waals surface area contributed by atoms with Crippen molar-refractivity contribution >= 4 is 6.16 Å². The summed E-state index contributed by atoms with van der Waals surface area (Å²) in [5.41, 5.74) is 0. The van der Waals surface area contributed by atoms with Crippen molar-refractivity contribution in [3.63, 3.8) is 0 Å². The lowest BCUT2D eigenvalue weighted by molar-refractivity contribution is 0.137. The van der Waals surface area contributed by atoms with E-state index >= 15 is 0 Å². The standard InChI is InChI=1S/2C2H2.CH2O3/c2*1-2;2-1(3)4/h2*1-2H;(H2,2,3,4). The largest absolute Gasteiger partial charge is 0.503 e. The van der Waals surface area contributed by atoms with E-state index in [9.17, 15) is 0 Å². The molecule has 0 radical (unpaired) electrons. The summed E-state index contributed by atoms with van der Waals surface area (Å²) in [6.45, 7) is 0.